The van der Waals surface area contributed by atoms with Crippen molar-refractivity contribution in [1.29, 1.82) is 5.26 Å². The first-order valence-electron chi connectivity index (χ1n) is 12.6. The number of nitriles is 1. The van der Waals surface area contributed by atoms with Gasteiger partial charge in [-0.25, -0.2) is 15.0 Å². The molecule has 0 radical (unpaired) electrons. The molecule has 39 heavy (non-hydrogen) atoms. The van der Waals surface area contributed by atoms with Crippen LogP contribution in [0.4, 0.5) is 0 Å². The van der Waals surface area contributed by atoms with E-state index < -0.39 is 0 Å². The van der Waals surface area contributed by atoms with Crippen LogP contribution >= 0.6 is 35.4 Å². The van der Waals surface area contributed by atoms with Gasteiger partial charge in [0.2, 0.25) is 5.91 Å². The Morgan fingerprint density at radius 3 is 2.67 bits per heavy atom. The normalized spacial score (nSPS) is 10.9. The molecule has 1 heterocycles. The number of imidazole rings is 1. The van der Waals surface area contributed by atoms with Gasteiger partial charge in [0.25, 0.3) is 0 Å². The molecule has 10 heteroatoms. The molecule has 0 bridgehead atoms. The molecule has 2 aromatic carbocycles. The van der Waals surface area contributed by atoms with Crippen molar-refractivity contribution in [1.82, 2.24) is 24.9 Å². The lowest BCUT2D eigenvalue weighted by Crippen LogP contribution is -2.54. The van der Waals surface area contributed by atoms with Crippen molar-refractivity contribution < 1.29 is 4.79 Å². The first kappa shape index (κ1) is 30.3. The molecular formula is C29H32Cl2N6OS. The van der Waals surface area contributed by atoms with Gasteiger partial charge in [0.15, 0.2) is 5.11 Å². The van der Waals surface area contributed by atoms with Crippen molar-refractivity contribution in [2.24, 2.45) is 5.92 Å². The highest BCUT2D eigenvalue weighted by atomic mass is 35.5. The van der Waals surface area contributed by atoms with E-state index >= 15 is 0 Å². The average molecular weight is 584 g/mol. The average Bonchev–Trinajstić information content (AvgIpc) is 3.35. The number of rotatable bonds is 12. The molecule has 0 aliphatic heterocycles. The molecule has 1 amide bonds. The van der Waals surface area contributed by atoms with Crippen LogP contribution in [0.2, 0.25) is 10.0 Å². The summed E-state index contributed by atoms with van der Waals surface area (Å²) >= 11 is 18.5. The maximum Gasteiger partial charge on any atom is 0.249 e. The number of aromatic nitrogens is 2. The highest BCUT2D eigenvalue weighted by Crippen LogP contribution is 2.27. The molecule has 0 saturated heterocycles. The van der Waals surface area contributed by atoms with Gasteiger partial charge in [-0.15, -0.1) is 6.58 Å². The van der Waals surface area contributed by atoms with E-state index in [1.165, 1.54) is 5.01 Å². The van der Waals surface area contributed by atoms with Gasteiger partial charge in [-0.1, -0.05) is 67.4 Å². The lowest BCUT2D eigenvalue weighted by atomic mass is 10.1. The summed E-state index contributed by atoms with van der Waals surface area (Å²) in [4.78, 5) is 18.2. The first-order chi connectivity index (χ1) is 18.7. The monoisotopic (exact) mass is 582 g/mol. The minimum atomic E-state index is -0.208. The van der Waals surface area contributed by atoms with Gasteiger partial charge in [0.05, 0.1) is 34.4 Å². The topological polar surface area (TPSA) is 77.2 Å². The molecule has 0 fully saturated rings. The summed E-state index contributed by atoms with van der Waals surface area (Å²) in [6, 6.07) is 14.9. The Kier molecular flexibility index (Phi) is 11.5. The number of nitrogens with zero attached hydrogens (tertiary/aromatic N) is 5. The van der Waals surface area contributed by atoms with Crippen molar-refractivity contribution in [2.75, 3.05) is 13.1 Å². The van der Waals surface area contributed by atoms with Crippen molar-refractivity contribution >= 4 is 46.4 Å². The molecule has 0 aliphatic carbocycles. The van der Waals surface area contributed by atoms with E-state index in [-0.39, 0.29) is 17.4 Å². The van der Waals surface area contributed by atoms with Crippen LogP contribution in [0.25, 0.3) is 0 Å². The molecule has 3 rings (SSSR count). The molecule has 3 aromatic rings. The maximum absolute atomic E-state index is 13.9. The molecule has 0 spiro atoms. The van der Waals surface area contributed by atoms with E-state index in [0.717, 1.165) is 23.2 Å². The number of amides is 1. The second-order valence-electron chi connectivity index (χ2n) is 9.46. The van der Waals surface area contributed by atoms with E-state index in [9.17, 15) is 4.79 Å². The largest absolute Gasteiger partial charge is 0.358 e. The van der Waals surface area contributed by atoms with Crippen LogP contribution in [0.15, 0.2) is 67.6 Å². The molecule has 7 nitrogen and oxygen atoms in total. The summed E-state index contributed by atoms with van der Waals surface area (Å²) in [5, 5.41) is 16.8. The first-order valence-corrected chi connectivity index (χ1v) is 13.8. The maximum atomic E-state index is 13.9. The third-order valence-corrected chi connectivity index (χ3v) is 7.20. The van der Waals surface area contributed by atoms with Crippen molar-refractivity contribution in [3.8, 4) is 6.07 Å². The lowest BCUT2D eigenvalue weighted by molar-refractivity contribution is -0.139. The minimum Gasteiger partial charge on any atom is -0.358 e. The zero-order valence-corrected chi connectivity index (χ0v) is 24.4. The zero-order valence-electron chi connectivity index (χ0n) is 22.1. The Hall–Kier alpha value is -3.22. The van der Waals surface area contributed by atoms with E-state index in [0.29, 0.717) is 47.7 Å². The zero-order chi connectivity index (χ0) is 28.4. The Bertz CT molecular complexity index is 1330. The van der Waals surface area contributed by atoms with Gasteiger partial charge in [0, 0.05) is 38.1 Å². The Balaban J connectivity index is 1.90. The van der Waals surface area contributed by atoms with Crippen LogP contribution in [0, 0.1) is 17.2 Å². The quantitative estimate of drug-likeness (QED) is 0.160. The van der Waals surface area contributed by atoms with E-state index in [1.54, 1.807) is 36.8 Å². The summed E-state index contributed by atoms with van der Waals surface area (Å²) < 4.78 is 1.92. The predicted octanol–water partition coefficient (Wildman–Crippen LogP) is 6.00. The van der Waals surface area contributed by atoms with Crippen molar-refractivity contribution in [2.45, 2.75) is 39.8 Å². The fourth-order valence-corrected chi connectivity index (χ4v) is 4.59. The van der Waals surface area contributed by atoms with E-state index in [2.05, 4.69) is 36.8 Å². The molecule has 204 valence electrons. The van der Waals surface area contributed by atoms with Crippen molar-refractivity contribution in [3.05, 3.63) is 100 Å². The van der Waals surface area contributed by atoms with Crippen LogP contribution in [0.1, 0.15) is 42.7 Å². The number of nitrogens with one attached hydrogen (secondary N) is 1. The number of benzene rings is 2. The van der Waals surface area contributed by atoms with Crippen LogP contribution in [0.5, 0.6) is 0 Å². The highest BCUT2D eigenvalue weighted by Gasteiger charge is 2.27. The Morgan fingerprint density at radius 1 is 1.26 bits per heavy atom. The number of carbonyl (C=O) groups is 1. The second kappa shape index (κ2) is 14.8. The highest BCUT2D eigenvalue weighted by molar-refractivity contribution is 7.80. The smallest absolute Gasteiger partial charge is 0.249 e. The van der Waals surface area contributed by atoms with E-state index in [1.807, 2.05) is 33.8 Å². The van der Waals surface area contributed by atoms with Crippen molar-refractivity contribution in [3.63, 3.8) is 0 Å². The molecule has 0 unspecified atom stereocenters. The fourth-order valence-electron chi connectivity index (χ4n) is 3.91. The number of carbonyl (C=O) groups excluding carboxylic acids is 1. The van der Waals surface area contributed by atoms with Crippen LogP contribution in [0.3, 0.4) is 0 Å². The summed E-state index contributed by atoms with van der Waals surface area (Å²) in [6.07, 6.45) is 5.98. The van der Waals surface area contributed by atoms with Gasteiger partial charge < -0.3 is 9.88 Å². The molecule has 1 aromatic heterocycles. The molecule has 1 N–H and O–H groups in total. The summed E-state index contributed by atoms with van der Waals surface area (Å²) in [6.45, 7) is 9.87. The van der Waals surface area contributed by atoms with Gasteiger partial charge >= 0.3 is 0 Å². The second-order valence-corrected chi connectivity index (χ2v) is 10.6. The summed E-state index contributed by atoms with van der Waals surface area (Å²) in [5.74, 6) is 0.197. The Labute approximate surface area is 245 Å². The van der Waals surface area contributed by atoms with Crippen LogP contribution < -0.4 is 5.32 Å². The summed E-state index contributed by atoms with van der Waals surface area (Å²) in [5.41, 5.74) is 3.13. The number of halogens is 2. The SMILES string of the molecule is C=CCNC(=S)N(C(=O)Cc1cncn1Cc1ccc(C#N)cc1)N(CCC(C)C)Cc1cccc(Cl)c1Cl. The molecule has 0 aliphatic rings. The number of thiocarbonyl (C=S) groups is 1. The van der Waals surface area contributed by atoms with Crippen LogP contribution in [-0.4, -0.2) is 43.7 Å². The standard InChI is InChI=1S/C29H32Cl2N6OS/c1-4-13-34-29(39)37(36(14-12-21(2)3)19-24-6-5-7-26(30)28(24)31)27(38)15-25-17-33-20-35(25)18-23-10-8-22(16-32)9-11-23/h4-11,17,20-21H,1,12-15,18-19H2,2-3H3,(H,34,39). The molecular weight excluding hydrogens is 551 g/mol. The third kappa shape index (κ3) is 8.64. The van der Waals surface area contributed by atoms with Gasteiger partial charge in [0.1, 0.15) is 0 Å². The number of hydrogen-bond donors (Lipinski definition) is 1. The van der Waals surface area contributed by atoms with Gasteiger partial charge in [-0.05, 0) is 53.9 Å². The fraction of sp³-hybridized carbons (Fsp3) is 0.310. The lowest BCUT2D eigenvalue weighted by Gasteiger charge is -2.36. The Morgan fingerprint density at radius 2 is 2.00 bits per heavy atom. The van der Waals surface area contributed by atoms with E-state index in [4.69, 9.17) is 40.7 Å². The number of hydrogen-bond acceptors (Lipinski definition) is 5. The number of hydrazine groups is 1. The van der Waals surface area contributed by atoms with Crippen LogP contribution in [-0.2, 0) is 24.3 Å². The third-order valence-electron chi connectivity index (χ3n) is 6.02. The molecule has 0 saturated carbocycles. The predicted molar refractivity (Wildman–Crippen MR) is 160 cm³/mol. The molecule has 0 atom stereocenters. The van der Waals surface area contributed by atoms with Gasteiger partial charge in [-0.3, -0.25) is 4.79 Å². The summed E-state index contributed by atoms with van der Waals surface area (Å²) in [7, 11) is 0. The minimum absolute atomic E-state index is 0.0770. The van der Waals surface area contributed by atoms with Gasteiger partial charge in [-0.2, -0.15) is 5.26 Å².